The average molecular weight is 273 g/mol. The summed E-state index contributed by atoms with van der Waals surface area (Å²) < 4.78 is 26.1. The summed E-state index contributed by atoms with van der Waals surface area (Å²) in [6, 6.07) is 13.5. The van der Waals surface area contributed by atoms with E-state index >= 15 is 0 Å². The molecule has 2 atom stereocenters. The summed E-state index contributed by atoms with van der Waals surface area (Å²) in [5.74, 6) is 0.231. The third kappa shape index (κ3) is 2.73. The minimum atomic E-state index is -0.212. The second kappa shape index (κ2) is 5.71. The molecule has 1 nitrogen and oxygen atoms in total. The van der Waals surface area contributed by atoms with E-state index in [2.05, 4.69) is 5.32 Å². The fourth-order valence-corrected chi connectivity index (χ4v) is 3.03. The number of halogens is 2. The van der Waals surface area contributed by atoms with Crippen molar-refractivity contribution >= 4 is 0 Å². The van der Waals surface area contributed by atoms with Crippen molar-refractivity contribution in [2.45, 2.75) is 18.3 Å². The van der Waals surface area contributed by atoms with Crippen LogP contribution in [0.3, 0.4) is 0 Å². The molecule has 0 radical (unpaired) electrons. The van der Waals surface area contributed by atoms with Gasteiger partial charge in [-0.15, -0.1) is 0 Å². The Bertz CT molecular complexity index is 509. The molecule has 0 aliphatic carbocycles. The topological polar surface area (TPSA) is 12.0 Å². The molecule has 1 aliphatic heterocycles. The predicted octanol–water partition coefficient (Wildman–Crippen LogP) is 3.83. The first-order valence-corrected chi connectivity index (χ1v) is 6.95. The number of hydrogen-bond donors (Lipinski definition) is 1. The first-order chi connectivity index (χ1) is 9.74. The second-order valence-electron chi connectivity index (χ2n) is 5.31. The van der Waals surface area contributed by atoms with E-state index in [9.17, 15) is 8.78 Å². The SMILES string of the molecule is Fc1ccc(C2CCNCC2c2ccc(F)cc2)cc1. The lowest BCUT2D eigenvalue weighted by Gasteiger charge is -2.33. The zero-order valence-corrected chi connectivity index (χ0v) is 11.2. The third-order valence-corrected chi connectivity index (χ3v) is 4.08. The Kier molecular flexibility index (Phi) is 3.79. The normalized spacial score (nSPS) is 22.7. The van der Waals surface area contributed by atoms with E-state index in [1.165, 1.54) is 24.3 Å². The molecular formula is C17H17F2N. The van der Waals surface area contributed by atoms with Crippen LogP contribution in [0.25, 0.3) is 0 Å². The molecule has 1 heterocycles. The number of benzene rings is 2. The van der Waals surface area contributed by atoms with Crippen LogP contribution in [0, 0.1) is 11.6 Å². The minimum absolute atomic E-state index is 0.207. The van der Waals surface area contributed by atoms with Gasteiger partial charge in [0.1, 0.15) is 11.6 Å². The van der Waals surface area contributed by atoms with E-state index in [0.717, 1.165) is 30.6 Å². The van der Waals surface area contributed by atoms with Gasteiger partial charge in [0.15, 0.2) is 0 Å². The summed E-state index contributed by atoms with van der Waals surface area (Å²) in [5, 5.41) is 3.39. The van der Waals surface area contributed by atoms with Crippen molar-refractivity contribution in [1.29, 1.82) is 0 Å². The summed E-state index contributed by atoms with van der Waals surface area (Å²) in [6.45, 7) is 1.83. The molecule has 1 fully saturated rings. The van der Waals surface area contributed by atoms with Crippen LogP contribution >= 0.6 is 0 Å². The van der Waals surface area contributed by atoms with Crippen molar-refractivity contribution in [2.75, 3.05) is 13.1 Å². The van der Waals surface area contributed by atoms with Crippen LogP contribution in [-0.4, -0.2) is 13.1 Å². The highest BCUT2D eigenvalue weighted by molar-refractivity contribution is 5.30. The predicted molar refractivity (Wildman–Crippen MR) is 75.8 cm³/mol. The zero-order valence-electron chi connectivity index (χ0n) is 11.2. The minimum Gasteiger partial charge on any atom is -0.316 e. The fraction of sp³-hybridized carbons (Fsp3) is 0.294. The summed E-state index contributed by atoms with van der Waals surface area (Å²) >= 11 is 0. The second-order valence-corrected chi connectivity index (χ2v) is 5.31. The number of piperidine rings is 1. The van der Waals surface area contributed by atoms with Gasteiger partial charge < -0.3 is 5.32 Å². The van der Waals surface area contributed by atoms with Crippen LogP contribution in [0.5, 0.6) is 0 Å². The van der Waals surface area contributed by atoms with Crippen molar-refractivity contribution in [3.8, 4) is 0 Å². The van der Waals surface area contributed by atoms with E-state index in [4.69, 9.17) is 0 Å². The monoisotopic (exact) mass is 273 g/mol. The molecule has 3 heteroatoms. The Balaban J connectivity index is 1.90. The van der Waals surface area contributed by atoms with Gasteiger partial charge in [-0.3, -0.25) is 0 Å². The lowest BCUT2D eigenvalue weighted by Crippen LogP contribution is -2.34. The van der Waals surface area contributed by atoms with Gasteiger partial charge in [0.05, 0.1) is 0 Å². The molecule has 0 saturated carbocycles. The van der Waals surface area contributed by atoms with Gasteiger partial charge in [-0.2, -0.15) is 0 Å². The highest BCUT2D eigenvalue weighted by atomic mass is 19.1. The number of nitrogens with one attached hydrogen (secondary N) is 1. The van der Waals surface area contributed by atoms with E-state index in [1.54, 1.807) is 0 Å². The van der Waals surface area contributed by atoms with Crippen LogP contribution in [0.1, 0.15) is 29.4 Å². The number of hydrogen-bond acceptors (Lipinski definition) is 1. The van der Waals surface area contributed by atoms with E-state index in [0.29, 0.717) is 11.8 Å². The molecule has 104 valence electrons. The van der Waals surface area contributed by atoms with Crippen LogP contribution in [0.2, 0.25) is 0 Å². The maximum atomic E-state index is 13.1. The fourth-order valence-electron chi connectivity index (χ4n) is 3.03. The van der Waals surface area contributed by atoms with Gasteiger partial charge in [-0.1, -0.05) is 24.3 Å². The lowest BCUT2D eigenvalue weighted by atomic mass is 9.77. The Morgan fingerprint density at radius 2 is 1.25 bits per heavy atom. The van der Waals surface area contributed by atoms with Gasteiger partial charge in [0.25, 0.3) is 0 Å². The quantitative estimate of drug-likeness (QED) is 0.877. The van der Waals surface area contributed by atoms with Crippen molar-refractivity contribution in [3.05, 3.63) is 71.3 Å². The average Bonchev–Trinajstić information content (AvgIpc) is 2.49. The van der Waals surface area contributed by atoms with Crippen molar-refractivity contribution in [2.24, 2.45) is 0 Å². The smallest absolute Gasteiger partial charge is 0.123 e. The molecule has 2 unspecified atom stereocenters. The van der Waals surface area contributed by atoms with Gasteiger partial charge in [0, 0.05) is 12.5 Å². The highest BCUT2D eigenvalue weighted by Crippen LogP contribution is 2.37. The summed E-state index contributed by atoms with van der Waals surface area (Å²) in [4.78, 5) is 0. The summed E-state index contributed by atoms with van der Waals surface area (Å²) in [6.07, 6.45) is 1.01. The van der Waals surface area contributed by atoms with Gasteiger partial charge >= 0.3 is 0 Å². The van der Waals surface area contributed by atoms with Crippen LogP contribution in [0.15, 0.2) is 48.5 Å². The van der Waals surface area contributed by atoms with Crippen LogP contribution in [0.4, 0.5) is 8.78 Å². The van der Waals surface area contributed by atoms with E-state index in [1.807, 2.05) is 24.3 Å². The first kappa shape index (κ1) is 13.3. The molecule has 2 aromatic carbocycles. The molecule has 2 aromatic rings. The summed E-state index contributed by atoms with van der Waals surface area (Å²) in [5.41, 5.74) is 2.29. The van der Waals surface area contributed by atoms with E-state index in [-0.39, 0.29) is 11.6 Å². The Morgan fingerprint density at radius 3 is 1.80 bits per heavy atom. The molecule has 1 saturated heterocycles. The molecule has 0 amide bonds. The Labute approximate surface area is 117 Å². The van der Waals surface area contributed by atoms with Gasteiger partial charge in [-0.25, -0.2) is 8.78 Å². The van der Waals surface area contributed by atoms with Crippen LogP contribution < -0.4 is 5.32 Å². The molecule has 0 bridgehead atoms. The van der Waals surface area contributed by atoms with Crippen molar-refractivity contribution in [3.63, 3.8) is 0 Å². The maximum Gasteiger partial charge on any atom is 0.123 e. The molecule has 0 spiro atoms. The third-order valence-electron chi connectivity index (χ3n) is 4.08. The Hall–Kier alpha value is -1.74. The molecule has 1 aliphatic rings. The molecule has 20 heavy (non-hydrogen) atoms. The standard InChI is InChI=1S/C17H17F2N/c18-14-5-1-12(2-6-14)16-9-10-20-11-17(16)13-3-7-15(19)8-4-13/h1-8,16-17,20H,9-11H2. The van der Waals surface area contributed by atoms with E-state index < -0.39 is 0 Å². The van der Waals surface area contributed by atoms with Gasteiger partial charge in [0.2, 0.25) is 0 Å². The zero-order chi connectivity index (χ0) is 13.9. The maximum absolute atomic E-state index is 13.1. The van der Waals surface area contributed by atoms with Crippen LogP contribution in [-0.2, 0) is 0 Å². The molecule has 0 aromatic heterocycles. The van der Waals surface area contributed by atoms with Crippen molar-refractivity contribution in [1.82, 2.24) is 5.32 Å². The lowest BCUT2D eigenvalue weighted by molar-refractivity contribution is 0.403. The molecule has 3 rings (SSSR count). The molecule has 1 N–H and O–H groups in total. The van der Waals surface area contributed by atoms with Gasteiger partial charge in [-0.05, 0) is 54.3 Å². The summed E-state index contributed by atoms with van der Waals surface area (Å²) in [7, 11) is 0. The Morgan fingerprint density at radius 1 is 0.750 bits per heavy atom. The van der Waals surface area contributed by atoms with Crippen molar-refractivity contribution < 1.29 is 8.78 Å². The highest BCUT2D eigenvalue weighted by Gasteiger charge is 2.27. The first-order valence-electron chi connectivity index (χ1n) is 6.95. The largest absolute Gasteiger partial charge is 0.316 e. The molecular weight excluding hydrogens is 256 g/mol. The number of rotatable bonds is 2.